The number of hydrogen-bond donors (Lipinski definition) is 0. The fraction of sp³-hybridized carbons (Fsp3) is 0.368. The van der Waals surface area contributed by atoms with Crippen LogP contribution in [-0.4, -0.2) is 7.11 Å². The maximum Gasteiger partial charge on any atom is 0.118 e. The Morgan fingerprint density at radius 2 is 1.33 bits per heavy atom. The summed E-state index contributed by atoms with van der Waals surface area (Å²) >= 11 is 3.55. The quantitative estimate of drug-likeness (QED) is 0.692. The van der Waals surface area contributed by atoms with Crippen LogP contribution in [0.4, 0.5) is 0 Å². The minimum atomic E-state index is 0.172. The van der Waals surface area contributed by atoms with Gasteiger partial charge in [-0.3, -0.25) is 0 Å². The number of rotatable bonds is 3. The summed E-state index contributed by atoms with van der Waals surface area (Å²) < 4.78 is 6.45. The van der Waals surface area contributed by atoms with Gasteiger partial charge in [-0.2, -0.15) is 0 Å². The summed E-state index contributed by atoms with van der Waals surface area (Å²) in [5, 5.41) is 0. The second-order valence-electron chi connectivity index (χ2n) is 5.88. The van der Waals surface area contributed by atoms with Crippen molar-refractivity contribution in [3.8, 4) is 5.75 Å². The maximum atomic E-state index is 5.30. The van der Waals surface area contributed by atoms with Crippen LogP contribution < -0.4 is 4.74 Å². The molecule has 2 heteroatoms. The molecule has 0 saturated heterocycles. The molecule has 3 rings (SSSR count). The lowest BCUT2D eigenvalue weighted by Gasteiger charge is -2.38. The van der Waals surface area contributed by atoms with Crippen LogP contribution in [0.15, 0.2) is 53.0 Å². The van der Waals surface area contributed by atoms with Gasteiger partial charge in [-0.05, 0) is 48.2 Å². The highest BCUT2D eigenvalue weighted by atomic mass is 79.9. The van der Waals surface area contributed by atoms with E-state index in [9.17, 15) is 0 Å². The molecule has 0 aromatic heterocycles. The molecule has 110 valence electrons. The van der Waals surface area contributed by atoms with Crippen LogP contribution in [-0.2, 0) is 5.41 Å². The van der Waals surface area contributed by atoms with Gasteiger partial charge in [-0.1, -0.05) is 59.5 Å². The summed E-state index contributed by atoms with van der Waals surface area (Å²) in [6, 6.07) is 17.5. The summed E-state index contributed by atoms with van der Waals surface area (Å²) in [4.78, 5) is 0. The molecule has 0 unspecified atom stereocenters. The molecule has 2 aromatic carbocycles. The Morgan fingerprint density at radius 1 is 0.810 bits per heavy atom. The van der Waals surface area contributed by atoms with Crippen molar-refractivity contribution >= 4 is 15.9 Å². The van der Waals surface area contributed by atoms with Crippen LogP contribution in [0.5, 0.6) is 5.75 Å². The number of benzene rings is 2. The van der Waals surface area contributed by atoms with Gasteiger partial charge in [0.15, 0.2) is 0 Å². The molecule has 1 saturated carbocycles. The first-order chi connectivity index (χ1) is 10.2. The molecule has 0 N–H and O–H groups in total. The average molecular weight is 345 g/mol. The minimum Gasteiger partial charge on any atom is -0.497 e. The summed E-state index contributed by atoms with van der Waals surface area (Å²) in [6.07, 6.45) is 6.44. The van der Waals surface area contributed by atoms with E-state index in [1.54, 1.807) is 7.11 Å². The zero-order valence-corrected chi connectivity index (χ0v) is 14.0. The SMILES string of the molecule is COc1ccc(C2(c3ccc(Br)cc3)CCCCC2)cc1. The summed E-state index contributed by atoms with van der Waals surface area (Å²) in [6.45, 7) is 0. The smallest absolute Gasteiger partial charge is 0.118 e. The van der Waals surface area contributed by atoms with Gasteiger partial charge < -0.3 is 4.74 Å². The standard InChI is InChI=1S/C19H21BrO/c1-21-18-11-7-16(8-12-18)19(13-3-2-4-14-19)15-5-9-17(20)10-6-15/h5-12H,2-4,13-14H2,1H3. The molecule has 1 nitrogen and oxygen atoms in total. The lowest BCUT2D eigenvalue weighted by molar-refractivity contribution is 0.345. The third-order valence-corrected chi connectivity index (χ3v) is 5.28. The van der Waals surface area contributed by atoms with Gasteiger partial charge in [0.25, 0.3) is 0 Å². The van der Waals surface area contributed by atoms with E-state index in [4.69, 9.17) is 4.74 Å². The topological polar surface area (TPSA) is 9.23 Å². The highest BCUT2D eigenvalue weighted by Gasteiger charge is 2.35. The Hall–Kier alpha value is -1.28. The molecular formula is C19H21BrO. The molecule has 2 aromatic rings. The molecule has 1 aliphatic rings. The van der Waals surface area contributed by atoms with E-state index in [-0.39, 0.29) is 5.41 Å². The number of hydrogen-bond acceptors (Lipinski definition) is 1. The third-order valence-electron chi connectivity index (χ3n) is 4.75. The Kier molecular flexibility index (Phi) is 4.34. The van der Waals surface area contributed by atoms with E-state index >= 15 is 0 Å². The fourth-order valence-corrected chi connectivity index (χ4v) is 3.84. The molecule has 0 amide bonds. The lowest BCUT2D eigenvalue weighted by Crippen LogP contribution is -2.30. The van der Waals surface area contributed by atoms with Crippen LogP contribution in [0.2, 0.25) is 0 Å². The first-order valence-electron chi connectivity index (χ1n) is 7.65. The molecule has 0 heterocycles. The average Bonchev–Trinajstić information content (AvgIpc) is 2.56. The van der Waals surface area contributed by atoms with Crippen molar-refractivity contribution in [1.82, 2.24) is 0 Å². The fourth-order valence-electron chi connectivity index (χ4n) is 3.58. The van der Waals surface area contributed by atoms with Crippen LogP contribution in [0.25, 0.3) is 0 Å². The van der Waals surface area contributed by atoms with Gasteiger partial charge in [0, 0.05) is 9.89 Å². The van der Waals surface area contributed by atoms with E-state index in [0.717, 1.165) is 10.2 Å². The van der Waals surface area contributed by atoms with Crippen molar-refractivity contribution in [1.29, 1.82) is 0 Å². The predicted octanol–water partition coefficient (Wildman–Crippen LogP) is 5.71. The van der Waals surface area contributed by atoms with Crippen molar-refractivity contribution < 1.29 is 4.74 Å². The number of ether oxygens (including phenoxy) is 1. The first kappa shape index (κ1) is 14.6. The minimum absolute atomic E-state index is 0.172. The lowest BCUT2D eigenvalue weighted by atomic mass is 9.65. The summed E-state index contributed by atoms with van der Waals surface area (Å²) in [5.74, 6) is 0.931. The van der Waals surface area contributed by atoms with Gasteiger partial charge in [0.1, 0.15) is 5.75 Å². The first-order valence-corrected chi connectivity index (χ1v) is 8.44. The van der Waals surface area contributed by atoms with Gasteiger partial charge in [-0.25, -0.2) is 0 Å². The van der Waals surface area contributed by atoms with Crippen LogP contribution in [0, 0.1) is 0 Å². The molecule has 21 heavy (non-hydrogen) atoms. The van der Waals surface area contributed by atoms with E-state index in [1.807, 2.05) is 0 Å². The third kappa shape index (κ3) is 2.87. The second kappa shape index (κ2) is 6.23. The Morgan fingerprint density at radius 3 is 1.86 bits per heavy atom. The maximum absolute atomic E-state index is 5.30. The number of methoxy groups -OCH3 is 1. The van der Waals surface area contributed by atoms with Crippen molar-refractivity contribution in [3.63, 3.8) is 0 Å². The van der Waals surface area contributed by atoms with E-state index in [2.05, 4.69) is 64.5 Å². The van der Waals surface area contributed by atoms with Gasteiger partial charge in [0.05, 0.1) is 7.11 Å². The van der Waals surface area contributed by atoms with Crippen LogP contribution in [0.3, 0.4) is 0 Å². The molecule has 0 atom stereocenters. The summed E-state index contributed by atoms with van der Waals surface area (Å²) in [7, 11) is 1.72. The molecule has 1 aliphatic carbocycles. The molecule has 0 aliphatic heterocycles. The Balaban J connectivity index is 2.05. The molecule has 0 radical (unpaired) electrons. The zero-order valence-electron chi connectivity index (χ0n) is 12.4. The van der Waals surface area contributed by atoms with Crippen molar-refractivity contribution in [2.45, 2.75) is 37.5 Å². The Labute approximate surface area is 135 Å². The molecular weight excluding hydrogens is 324 g/mol. The summed E-state index contributed by atoms with van der Waals surface area (Å²) in [5.41, 5.74) is 3.03. The van der Waals surface area contributed by atoms with Crippen LogP contribution in [0.1, 0.15) is 43.2 Å². The zero-order chi connectivity index (χ0) is 14.7. The largest absolute Gasteiger partial charge is 0.497 e. The van der Waals surface area contributed by atoms with Crippen molar-refractivity contribution in [2.24, 2.45) is 0 Å². The highest BCUT2D eigenvalue weighted by molar-refractivity contribution is 9.10. The van der Waals surface area contributed by atoms with Crippen molar-refractivity contribution in [2.75, 3.05) is 7.11 Å². The predicted molar refractivity (Wildman–Crippen MR) is 91.0 cm³/mol. The van der Waals surface area contributed by atoms with Gasteiger partial charge >= 0.3 is 0 Å². The van der Waals surface area contributed by atoms with Gasteiger partial charge in [-0.15, -0.1) is 0 Å². The monoisotopic (exact) mass is 344 g/mol. The highest BCUT2D eigenvalue weighted by Crippen LogP contribution is 2.45. The molecule has 0 bridgehead atoms. The molecule has 1 fully saturated rings. The van der Waals surface area contributed by atoms with E-state index < -0.39 is 0 Å². The second-order valence-corrected chi connectivity index (χ2v) is 6.79. The van der Waals surface area contributed by atoms with Crippen molar-refractivity contribution in [3.05, 3.63) is 64.1 Å². The van der Waals surface area contributed by atoms with Gasteiger partial charge in [0.2, 0.25) is 0 Å². The molecule has 0 spiro atoms. The normalized spacial score (nSPS) is 17.4. The van der Waals surface area contributed by atoms with E-state index in [0.29, 0.717) is 0 Å². The van der Waals surface area contributed by atoms with Crippen LogP contribution >= 0.6 is 15.9 Å². The Bertz CT molecular complexity index is 580. The number of halogens is 1. The van der Waals surface area contributed by atoms with E-state index in [1.165, 1.54) is 43.2 Å².